The monoisotopic (exact) mass is 340 g/mol. The van der Waals surface area contributed by atoms with Gasteiger partial charge in [0.15, 0.2) is 0 Å². The number of fused-ring (bicyclic) bond motifs is 1. The Morgan fingerprint density at radius 3 is 3.04 bits per heavy atom. The maximum atomic E-state index is 11.6. The van der Waals surface area contributed by atoms with E-state index in [1.165, 1.54) is 17.4 Å². The van der Waals surface area contributed by atoms with Crippen molar-refractivity contribution in [1.82, 2.24) is 20.2 Å². The molecule has 5 heteroatoms. The molecule has 1 unspecified atom stereocenters. The first-order chi connectivity index (χ1) is 12.2. The quantitative estimate of drug-likeness (QED) is 0.909. The van der Waals surface area contributed by atoms with Crippen LogP contribution in [0, 0.1) is 5.92 Å². The molecule has 0 aliphatic carbocycles. The molecular formula is C20H28N4O. The van der Waals surface area contributed by atoms with Crippen molar-refractivity contribution >= 4 is 16.8 Å². The molecule has 1 amide bonds. The summed E-state index contributed by atoms with van der Waals surface area (Å²) in [5.41, 5.74) is 3.59. The van der Waals surface area contributed by atoms with Crippen LogP contribution in [0.2, 0.25) is 0 Å². The van der Waals surface area contributed by atoms with E-state index < -0.39 is 0 Å². The molecule has 1 aliphatic heterocycles. The standard InChI is InChI=1S/C20H28N4O/c1-3-17-12-16(18-13-22-8-6-19(18)23-17)11-15-5-4-9-24(10-7-15)14-20(25)21-2/h6,8,12-13,15H,3-5,7,9-11,14H2,1-2H3,(H,21,25). The van der Waals surface area contributed by atoms with Crippen molar-refractivity contribution in [2.45, 2.75) is 39.0 Å². The van der Waals surface area contributed by atoms with Gasteiger partial charge in [0.1, 0.15) is 0 Å². The van der Waals surface area contributed by atoms with Crippen molar-refractivity contribution < 1.29 is 4.79 Å². The predicted molar refractivity (Wildman–Crippen MR) is 100 cm³/mol. The topological polar surface area (TPSA) is 58.1 Å². The summed E-state index contributed by atoms with van der Waals surface area (Å²) in [6.07, 6.45) is 9.32. The number of aromatic nitrogens is 2. The highest BCUT2D eigenvalue weighted by molar-refractivity contribution is 5.81. The van der Waals surface area contributed by atoms with Crippen molar-refractivity contribution in [2.24, 2.45) is 5.92 Å². The highest BCUT2D eigenvalue weighted by Crippen LogP contribution is 2.26. The maximum Gasteiger partial charge on any atom is 0.233 e. The fraction of sp³-hybridized carbons (Fsp3) is 0.550. The third-order valence-corrected chi connectivity index (χ3v) is 5.21. The minimum absolute atomic E-state index is 0.109. The molecule has 2 aromatic heterocycles. The van der Waals surface area contributed by atoms with Crippen LogP contribution in [0.1, 0.15) is 37.4 Å². The van der Waals surface area contributed by atoms with Gasteiger partial charge >= 0.3 is 0 Å². The Balaban J connectivity index is 1.72. The van der Waals surface area contributed by atoms with Crippen molar-refractivity contribution in [3.63, 3.8) is 0 Å². The van der Waals surface area contributed by atoms with Gasteiger partial charge in [0, 0.05) is 30.5 Å². The van der Waals surface area contributed by atoms with Crippen LogP contribution >= 0.6 is 0 Å². The number of amides is 1. The second-order valence-electron chi connectivity index (χ2n) is 6.97. The number of rotatable bonds is 5. The third kappa shape index (κ3) is 4.54. The van der Waals surface area contributed by atoms with E-state index in [0.29, 0.717) is 12.5 Å². The number of carbonyl (C=O) groups is 1. The highest BCUT2D eigenvalue weighted by Gasteiger charge is 2.20. The van der Waals surface area contributed by atoms with E-state index in [9.17, 15) is 4.79 Å². The Kier molecular flexibility index (Phi) is 5.97. The van der Waals surface area contributed by atoms with Gasteiger partial charge in [-0.2, -0.15) is 0 Å². The lowest BCUT2D eigenvalue weighted by molar-refractivity contribution is -0.121. The maximum absolute atomic E-state index is 11.6. The predicted octanol–water partition coefficient (Wildman–Crippen LogP) is 2.58. The van der Waals surface area contributed by atoms with Crippen molar-refractivity contribution in [1.29, 1.82) is 0 Å². The van der Waals surface area contributed by atoms with Gasteiger partial charge in [-0.15, -0.1) is 0 Å². The Bertz CT molecular complexity index is 731. The summed E-state index contributed by atoms with van der Waals surface area (Å²) in [4.78, 5) is 22.9. The smallest absolute Gasteiger partial charge is 0.233 e. The molecule has 0 saturated carbocycles. The lowest BCUT2D eigenvalue weighted by Gasteiger charge is -2.19. The summed E-state index contributed by atoms with van der Waals surface area (Å²) < 4.78 is 0. The number of nitrogens with zero attached hydrogens (tertiary/aromatic N) is 3. The molecule has 3 heterocycles. The molecule has 1 saturated heterocycles. The van der Waals surface area contributed by atoms with Gasteiger partial charge in [-0.3, -0.25) is 19.7 Å². The fourth-order valence-corrected chi connectivity index (χ4v) is 3.73. The zero-order valence-corrected chi connectivity index (χ0v) is 15.3. The third-order valence-electron chi connectivity index (χ3n) is 5.21. The summed E-state index contributed by atoms with van der Waals surface area (Å²) in [6, 6.07) is 4.27. The Morgan fingerprint density at radius 2 is 2.24 bits per heavy atom. The van der Waals surface area contributed by atoms with Crippen LogP contribution in [-0.4, -0.2) is 47.5 Å². The second-order valence-corrected chi connectivity index (χ2v) is 6.97. The number of likely N-dealkylation sites (tertiary alicyclic amines) is 1. The average molecular weight is 340 g/mol. The lowest BCUT2D eigenvalue weighted by Crippen LogP contribution is -2.36. The fourth-order valence-electron chi connectivity index (χ4n) is 3.73. The van der Waals surface area contributed by atoms with Crippen LogP contribution < -0.4 is 5.32 Å². The van der Waals surface area contributed by atoms with Crippen LogP contribution in [0.3, 0.4) is 0 Å². The van der Waals surface area contributed by atoms with E-state index in [1.807, 2.05) is 18.5 Å². The normalized spacial score (nSPS) is 18.9. The summed E-state index contributed by atoms with van der Waals surface area (Å²) in [5, 5.41) is 3.91. The summed E-state index contributed by atoms with van der Waals surface area (Å²) in [6.45, 7) is 4.69. The van der Waals surface area contributed by atoms with E-state index in [0.717, 1.165) is 50.0 Å². The SMILES string of the molecule is CCc1cc(CC2CCCN(CC(=O)NC)CC2)c2cnccc2n1. The van der Waals surface area contributed by atoms with E-state index in [4.69, 9.17) is 4.98 Å². The van der Waals surface area contributed by atoms with E-state index >= 15 is 0 Å². The van der Waals surface area contributed by atoms with Gasteiger partial charge in [0.05, 0.1) is 12.1 Å². The molecule has 1 fully saturated rings. The first kappa shape index (κ1) is 17.8. The number of carbonyl (C=O) groups excluding carboxylic acids is 1. The van der Waals surface area contributed by atoms with Crippen molar-refractivity contribution in [3.8, 4) is 0 Å². The summed E-state index contributed by atoms with van der Waals surface area (Å²) in [5.74, 6) is 0.766. The lowest BCUT2D eigenvalue weighted by atomic mass is 9.91. The number of pyridine rings is 2. The van der Waals surface area contributed by atoms with Crippen LogP contribution in [0.4, 0.5) is 0 Å². The van der Waals surface area contributed by atoms with Crippen LogP contribution in [0.5, 0.6) is 0 Å². The molecule has 2 aromatic rings. The van der Waals surface area contributed by atoms with Crippen LogP contribution in [-0.2, 0) is 17.6 Å². The van der Waals surface area contributed by atoms with E-state index in [2.05, 4.69) is 28.2 Å². The number of aryl methyl sites for hydroxylation is 1. The minimum atomic E-state index is 0.109. The molecule has 1 N–H and O–H groups in total. The molecule has 3 rings (SSSR count). The first-order valence-corrected chi connectivity index (χ1v) is 9.35. The zero-order valence-electron chi connectivity index (χ0n) is 15.3. The summed E-state index contributed by atoms with van der Waals surface area (Å²) in [7, 11) is 1.71. The molecule has 1 atom stereocenters. The number of likely N-dealkylation sites (N-methyl/N-ethyl adjacent to an activating group) is 1. The van der Waals surface area contributed by atoms with E-state index in [-0.39, 0.29) is 5.91 Å². The Hall–Kier alpha value is -2.01. The van der Waals surface area contributed by atoms with Gasteiger partial charge < -0.3 is 5.32 Å². The second kappa shape index (κ2) is 8.39. The highest BCUT2D eigenvalue weighted by atomic mass is 16.1. The Labute approximate surface area is 149 Å². The van der Waals surface area contributed by atoms with Gasteiger partial charge in [0.2, 0.25) is 5.91 Å². The van der Waals surface area contributed by atoms with E-state index in [1.54, 1.807) is 7.05 Å². The summed E-state index contributed by atoms with van der Waals surface area (Å²) >= 11 is 0. The molecule has 134 valence electrons. The van der Waals surface area contributed by atoms with Crippen LogP contribution in [0.15, 0.2) is 24.5 Å². The van der Waals surface area contributed by atoms with Crippen molar-refractivity contribution in [2.75, 3.05) is 26.7 Å². The Morgan fingerprint density at radius 1 is 1.36 bits per heavy atom. The average Bonchev–Trinajstić information content (AvgIpc) is 2.86. The van der Waals surface area contributed by atoms with Gasteiger partial charge in [-0.25, -0.2) is 0 Å². The molecule has 1 aliphatic rings. The van der Waals surface area contributed by atoms with Crippen LogP contribution in [0.25, 0.3) is 10.9 Å². The number of hydrogen-bond donors (Lipinski definition) is 1. The molecule has 25 heavy (non-hydrogen) atoms. The van der Waals surface area contributed by atoms with Gasteiger partial charge in [0.25, 0.3) is 0 Å². The molecule has 5 nitrogen and oxygen atoms in total. The van der Waals surface area contributed by atoms with Crippen molar-refractivity contribution in [3.05, 3.63) is 35.8 Å². The molecule has 0 spiro atoms. The number of hydrogen-bond acceptors (Lipinski definition) is 4. The molecule has 0 bridgehead atoms. The minimum Gasteiger partial charge on any atom is -0.358 e. The molecule has 0 radical (unpaired) electrons. The molecular weight excluding hydrogens is 312 g/mol. The first-order valence-electron chi connectivity index (χ1n) is 9.35. The largest absolute Gasteiger partial charge is 0.358 e. The molecule has 0 aromatic carbocycles. The number of nitrogens with one attached hydrogen (secondary N) is 1. The zero-order chi connectivity index (χ0) is 17.6. The van der Waals surface area contributed by atoms with Gasteiger partial charge in [-0.05, 0) is 68.8 Å². The van der Waals surface area contributed by atoms with Gasteiger partial charge in [-0.1, -0.05) is 6.92 Å².